The van der Waals surface area contributed by atoms with Gasteiger partial charge in [0, 0.05) is 24.5 Å². The van der Waals surface area contributed by atoms with Crippen molar-refractivity contribution in [3.05, 3.63) is 0 Å². The van der Waals surface area contributed by atoms with Crippen molar-refractivity contribution >= 4 is 17.5 Å². The molecule has 1 saturated carbocycles. The lowest BCUT2D eigenvalue weighted by Crippen LogP contribution is -2.54. The molecular formula is C25H56ClN3O4. The summed E-state index contributed by atoms with van der Waals surface area (Å²) < 4.78 is 0. The number of amides is 1. The van der Waals surface area contributed by atoms with Crippen molar-refractivity contribution in [2.75, 3.05) is 32.7 Å². The molecule has 2 fully saturated rings. The van der Waals surface area contributed by atoms with Crippen molar-refractivity contribution in [1.82, 2.24) is 15.5 Å². The van der Waals surface area contributed by atoms with Gasteiger partial charge in [-0.05, 0) is 74.3 Å². The molecule has 0 aromatic rings. The predicted octanol–water partition coefficient (Wildman–Crippen LogP) is 2.68. The van der Waals surface area contributed by atoms with Gasteiger partial charge in [-0.1, -0.05) is 49.0 Å². The number of alkyl halides is 1. The fourth-order valence-corrected chi connectivity index (χ4v) is 5.68. The molecule has 0 aromatic heterocycles. The van der Waals surface area contributed by atoms with E-state index >= 15 is 0 Å². The molecule has 1 amide bonds. The zero-order valence-corrected chi connectivity index (χ0v) is 22.0. The number of halogens is 1. The van der Waals surface area contributed by atoms with Gasteiger partial charge in [0.1, 0.15) is 0 Å². The summed E-state index contributed by atoms with van der Waals surface area (Å²) in [5, 5.41) is 6.94. The first-order valence-electron chi connectivity index (χ1n) is 11.9. The summed E-state index contributed by atoms with van der Waals surface area (Å²) >= 11 is 6.34. The van der Waals surface area contributed by atoms with Gasteiger partial charge < -0.3 is 32.0 Å². The highest BCUT2D eigenvalue weighted by atomic mass is 35.5. The summed E-state index contributed by atoms with van der Waals surface area (Å²) in [7, 11) is 0. The molecule has 1 unspecified atom stereocenters. The van der Waals surface area contributed by atoms with E-state index in [4.69, 9.17) is 11.6 Å². The Bertz CT molecular complexity index is 512. The van der Waals surface area contributed by atoms with E-state index in [2.05, 4.69) is 57.1 Å². The van der Waals surface area contributed by atoms with E-state index in [1.165, 1.54) is 32.1 Å². The number of piperidine rings is 1. The Hall–Kier alpha value is -0.440. The highest BCUT2D eigenvalue weighted by Gasteiger charge is 2.41. The van der Waals surface area contributed by atoms with Crippen LogP contribution in [0.3, 0.4) is 0 Å². The Kier molecular flexibility index (Phi) is 19.2. The fourth-order valence-electron chi connectivity index (χ4n) is 5.43. The summed E-state index contributed by atoms with van der Waals surface area (Å²) in [6, 6.07) is 0.211. The first-order chi connectivity index (χ1) is 13.6. The van der Waals surface area contributed by atoms with Crippen molar-refractivity contribution < 1.29 is 21.2 Å². The minimum Gasteiger partial charge on any atom is -0.412 e. The molecule has 7 nitrogen and oxygen atoms in total. The lowest BCUT2D eigenvalue weighted by Gasteiger charge is -2.49. The van der Waals surface area contributed by atoms with Crippen LogP contribution in [0.2, 0.25) is 0 Å². The Balaban J connectivity index is -0.00000225. The molecule has 33 heavy (non-hydrogen) atoms. The summed E-state index contributed by atoms with van der Waals surface area (Å²) in [6.45, 7) is 18.2. The highest BCUT2D eigenvalue weighted by Crippen LogP contribution is 2.45. The van der Waals surface area contributed by atoms with Crippen molar-refractivity contribution in [2.45, 2.75) is 92.5 Å². The van der Waals surface area contributed by atoms with E-state index < -0.39 is 0 Å². The first-order valence-corrected chi connectivity index (χ1v) is 12.4. The Morgan fingerprint density at radius 2 is 1.61 bits per heavy atom. The largest absolute Gasteiger partial charge is 0.412 e. The van der Waals surface area contributed by atoms with E-state index in [9.17, 15) is 4.79 Å². The third-order valence-electron chi connectivity index (χ3n) is 7.11. The average Bonchev–Trinajstić information content (AvgIpc) is 2.61. The minimum atomic E-state index is 0. The monoisotopic (exact) mass is 497 g/mol. The highest BCUT2D eigenvalue weighted by molar-refractivity contribution is 6.20. The molecule has 2 atom stereocenters. The molecule has 8 N–H and O–H groups in total. The molecule has 0 bridgehead atoms. The lowest BCUT2D eigenvalue weighted by atomic mass is 9.64. The second-order valence-corrected chi connectivity index (χ2v) is 11.7. The number of likely N-dealkylation sites (tertiary alicyclic amines) is 1. The van der Waals surface area contributed by atoms with Gasteiger partial charge in [0.15, 0.2) is 0 Å². The van der Waals surface area contributed by atoms with Crippen molar-refractivity contribution in [3.8, 4) is 0 Å². The summed E-state index contributed by atoms with van der Waals surface area (Å²) in [5.41, 5.74) is 0.326. The lowest BCUT2D eigenvalue weighted by molar-refractivity contribution is -0.121. The molecule has 1 aliphatic heterocycles. The maximum absolute atomic E-state index is 12.4. The molecular weight excluding hydrogens is 442 g/mol. The van der Waals surface area contributed by atoms with Gasteiger partial charge >= 0.3 is 0 Å². The van der Waals surface area contributed by atoms with Crippen LogP contribution in [-0.4, -0.2) is 71.4 Å². The standard InChI is InChI=1S/C24H46ClN3O.CH4.3H2O/c1-17(2)13-26-14-23(29)27-22(18(3)4)15-28-12-11-21(24(5,6)16-28)19-7-9-20(25)10-8-19;;;;/h17-22,26H,7-16H2,1-6H3,(H,27,29);1H4;3*1H2/t19?,20?,21?,22-;;;;/m0..../s1. The third kappa shape index (κ3) is 12.2. The summed E-state index contributed by atoms with van der Waals surface area (Å²) in [5.74, 6) is 2.76. The number of nitrogens with zero attached hydrogens (tertiary/aromatic N) is 1. The van der Waals surface area contributed by atoms with Crippen molar-refractivity contribution in [3.63, 3.8) is 0 Å². The zero-order chi connectivity index (χ0) is 21.6. The Labute approximate surface area is 208 Å². The van der Waals surface area contributed by atoms with E-state index in [0.717, 1.165) is 38.0 Å². The molecule has 1 saturated heterocycles. The van der Waals surface area contributed by atoms with Crippen LogP contribution in [0.15, 0.2) is 0 Å². The Morgan fingerprint density at radius 1 is 1.03 bits per heavy atom. The van der Waals surface area contributed by atoms with Crippen LogP contribution >= 0.6 is 11.6 Å². The van der Waals surface area contributed by atoms with Crippen LogP contribution in [-0.2, 0) is 4.79 Å². The number of carbonyl (C=O) groups is 1. The number of hydrogen-bond acceptors (Lipinski definition) is 3. The quantitative estimate of drug-likeness (QED) is 0.473. The predicted molar refractivity (Wildman–Crippen MR) is 142 cm³/mol. The fraction of sp³-hybridized carbons (Fsp3) is 0.960. The number of hydrogen-bond donors (Lipinski definition) is 2. The molecule has 8 heteroatoms. The van der Waals surface area contributed by atoms with Gasteiger partial charge in [0.2, 0.25) is 5.91 Å². The zero-order valence-electron chi connectivity index (χ0n) is 21.3. The molecule has 0 spiro atoms. The Morgan fingerprint density at radius 3 is 2.09 bits per heavy atom. The van der Waals surface area contributed by atoms with E-state index in [0.29, 0.717) is 29.2 Å². The number of rotatable bonds is 9. The van der Waals surface area contributed by atoms with Crippen LogP contribution in [0.4, 0.5) is 0 Å². The summed E-state index contributed by atoms with van der Waals surface area (Å²) in [6.07, 6.45) is 6.26. The molecule has 0 radical (unpaired) electrons. The minimum absolute atomic E-state index is 0. The topological polar surface area (TPSA) is 139 Å². The third-order valence-corrected chi connectivity index (χ3v) is 7.54. The maximum Gasteiger partial charge on any atom is 0.234 e. The summed E-state index contributed by atoms with van der Waals surface area (Å²) in [4.78, 5) is 15.0. The van der Waals surface area contributed by atoms with Gasteiger partial charge in [0.25, 0.3) is 0 Å². The van der Waals surface area contributed by atoms with Gasteiger partial charge in [0.05, 0.1) is 6.54 Å². The van der Waals surface area contributed by atoms with Gasteiger partial charge in [-0.3, -0.25) is 4.79 Å². The molecule has 2 rings (SSSR count). The normalized spacial score (nSPS) is 25.7. The second kappa shape index (κ2) is 17.1. The first kappa shape index (κ1) is 37.1. The molecule has 2 aliphatic rings. The smallest absolute Gasteiger partial charge is 0.234 e. The van der Waals surface area contributed by atoms with Gasteiger partial charge in [-0.2, -0.15) is 0 Å². The van der Waals surface area contributed by atoms with Crippen LogP contribution in [0.5, 0.6) is 0 Å². The maximum atomic E-state index is 12.4. The molecule has 1 heterocycles. The molecule has 1 aliphatic carbocycles. The van der Waals surface area contributed by atoms with Crippen molar-refractivity contribution in [2.24, 2.45) is 29.1 Å². The average molecular weight is 498 g/mol. The number of carbonyl (C=O) groups excluding carboxylic acids is 1. The van der Waals surface area contributed by atoms with Crippen molar-refractivity contribution in [1.29, 1.82) is 0 Å². The van der Waals surface area contributed by atoms with E-state index in [1.54, 1.807) is 0 Å². The van der Waals surface area contributed by atoms with Gasteiger partial charge in [-0.25, -0.2) is 0 Å². The SMILES string of the molecule is C.CC(C)CNCC(=O)N[C@@H](CN1CCC(C2CCC(Cl)CC2)C(C)(C)C1)C(C)C.O.O.O. The van der Waals surface area contributed by atoms with E-state index in [1.807, 2.05) is 0 Å². The molecule has 0 aromatic carbocycles. The van der Waals surface area contributed by atoms with Crippen LogP contribution in [0.1, 0.15) is 81.1 Å². The van der Waals surface area contributed by atoms with E-state index in [-0.39, 0.29) is 35.8 Å². The molecule has 202 valence electrons. The van der Waals surface area contributed by atoms with Gasteiger partial charge in [-0.15, -0.1) is 11.6 Å². The van der Waals surface area contributed by atoms with Crippen LogP contribution < -0.4 is 10.6 Å². The second-order valence-electron chi connectivity index (χ2n) is 11.1. The number of nitrogens with one attached hydrogen (secondary N) is 2. The van der Waals surface area contributed by atoms with Crippen LogP contribution in [0, 0.1) is 29.1 Å². The van der Waals surface area contributed by atoms with Crippen LogP contribution in [0.25, 0.3) is 0 Å².